The van der Waals surface area contributed by atoms with Gasteiger partial charge in [-0.3, -0.25) is 0 Å². The summed E-state index contributed by atoms with van der Waals surface area (Å²) in [7, 11) is 1.71. The van der Waals surface area contributed by atoms with Crippen LogP contribution in [-0.2, 0) is 0 Å². The van der Waals surface area contributed by atoms with Crippen LogP contribution in [0, 0.1) is 0 Å². The van der Waals surface area contributed by atoms with Gasteiger partial charge in [0.15, 0.2) is 0 Å². The Hall–Kier alpha value is -2.29. The molecule has 102 valence electrons. The van der Waals surface area contributed by atoms with E-state index in [2.05, 4.69) is 35.7 Å². The predicted molar refractivity (Wildman–Crippen MR) is 69.1 cm³/mol. The molecule has 1 atom stereocenters. The number of rotatable bonds is 6. The lowest BCUT2D eigenvalue weighted by atomic mass is 10.3. The fourth-order valence-corrected chi connectivity index (χ4v) is 1.32. The van der Waals surface area contributed by atoms with Gasteiger partial charge in [-0.25, -0.2) is 4.98 Å². The summed E-state index contributed by atoms with van der Waals surface area (Å²) in [6.07, 6.45) is 3.12. The molecule has 2 heterocycles. The molecule has 9 heteroatoms. The highest BCUT2D eigenvalue weighted by Crippen LogP contribution is 2.08. The first-order valence-electron chi connectivity index (χ1n) is 5.93. The first-order valence-corrected chi connectivity index (χ1v) is 5.93. The number of aliphatic hydroxyl groups excluding tert-OH is 1. The van der Waals surface area contributed by atoms with Crippen LogP contribution in [-0.4, -0.2) is 54.5 Å². The van der Waals surface area contributed by atoms with Crippen molar-refractivity contribution in [2.24, 2.45) is 0 Å². The van der Waals surface area contributed by atoms with E-state index in [0.29, 0.717) is 30.8 Å². The summed E-state index contributed by atoms with van der Waals surface area (Å²) < 4.78 is 1.43. The van der Waals surface area contributed by atoms with Gasteiger partial charge in [-0.2, -0.15) is 24.7 Å². The smallest absolute Gasteiger partial charge is 0.258 e. The molecule has 0 aromatic carbocycles. The van der Waals surface area contributed by atoms with E-state index >= 15 is 0 Å². The van der Waals surface area contributed by atoms with Gasteiger partial charge in [0.2, 0.25) is 11.9 Å². The zero-order valence-corrected chi connectivity index (χ0v) is 10.8. The van der Waals surface area contributed by atoms with Gasteiger partial charge in [0.25, 0.3) is 5.95 Å². The van der Waals surface area contributed by atoms with Crippen molar-refractivity contribution in [1.82, 2.24) is 29.7 Å². The first kappa shape index (κ1) is 13.1. The van der Waals surface area contributed by atoms with Crippen LogP contribution < -0.4 is 10.6 Å². The molecule has 0 saturated carbocycles. The molecule has 2 aromatic heterocycles. The van der Waals surface area contributed by atoms with Gasteiger partial charge in [-0.05, 0) is 6.42 Å². The molecule has 2 rings (SSSR count). The summed E-state index contributed by atoms with van der Waals surface area (Å²) in [6.45, 7) is 2.28. The Morgan fingerprint density at radius 1 is 1.32 bits per heavy atom. The zero-order chi connectivity index (χ0) is 13.7. The second-order valence-electron chi connectivity index (χ2n) is 3.82. The SMILES string of the molecule is CCC(O)CNc1nc(NC)nc(-n2cncn2)n1. The monoisotopic (exact) mass is 264 g/mol. The summed E-state index contributed by atoms with van der Waals surface area (Å²) in [6, 6.07) is 0. The standard InChI is InChI=1S/C10H16N8O/c1-3-7(19)4-13-9-15-8(11-2)16-10(17-9)18-6-12-5-14-18/h5-7,19H,3-4H2,1-2H3,(H2,11,13,15,16,17). The van der Waals surface area contributed by atoms with Crippen molar-refractivity contribution in [2.45, 2.75) is 19.4 Å². The fourth-order valence-electron chi connectivity index (χ4n) is 1.32. The number of hydrogen-bond donors (Lipinski definition) is 3. The second kappa shape index (κ2) is 6.05. The third kappa shape index (κ3) is 3.35. The lowest BCUT2D eigenvalue weighted by molar-refractivity contribution is 0.183. The number of anilines is 2. The maximum Gasteiger partial charge on any atom is 0.258 e. The van der Waals surface area contributed by atoms with E-state index in [-0.39, 0.29) is 0 Å². The Labute approximate surface area is 110 Å². The van der Waals surface area contributed by atoms with Gasteiger partial charge < -0.3 is 15.7 Å². The molecule has 19 heavy (non-hydrogen) atoms. The lowest BCUT2D eigenvalue weighted by Gasteiger charge is -2.10. The fraction of sp³-hybridized carbons (Fsp3) is 0.500. The van der Waals surface area contributed by atoms with E-state index in [1.54, 1.807) is 7.05 Å². The predicted octanol–water partition coefficient (Wildman–Crippen LogP) is -0.323. The van der Waals surface area contributed by atoms with Crippen LogP contribution in [0.2, 0.25) is 0 Å². The molecule has 0 aliphatic rings. The minimum absolute atomic E-state index is 0.352. The topological polar surface area (TPSA) is 114 Å². The number of hydrogen-bond acceptors (Lipinski definition) is 8. The molecular weight excluding hydrogens is 248 g/mol. The van der Waals surface area contributed by atoms with Gasteiger partial charge in [0.05, 0.1) is 6.10 Å². The highest BCUT2D eigenvalue weighted by atomic mass is 16.3. The third-order valence-electron chi connectivity index (χ3n) is 2.44. The van der Waals surface area contributed by atoms with Crippen LogP contribution >= 0.6 is 0 Å². The van der Waals surface area contributed by atoms with Crippen molar-refractivity contribution < 1.29 is 5.11 Å². The summed E-state index contributed by atoms with van der Waals surface area (Å²) in [5.41, 5.74) is 0. The molecule has 0 fully saturated rings. The zero-order valence-electron chi connectivity index (χ0n) is 10.8. The summed E-state index contributed by atoms with van der Waals surface area (Å²) in [5, 5.41) is 19.3. The van der Waals surface area contributed by atoms with E-state index in [1.165, 1.54) is 17.3 Å². The molecule has 9 nitrogen and oxygen atoms in total. The van der Waals surface area contributed by atoms with Gasteiger partial charge >= 0.3 is 0 Å². The second-order valence-corrected chi connectivity index (χ2v) is 3.82. The van der Waals surface area contributed by atoms with Crippen molar-refractivity contribution in [3.05, 3.63) is 12.7 Å². The van der Waals surface area contributed by atoms with Gasteiger partial charge in [0, 0.05) is 13.6 Å². The average molecular weight is 264 g/mol. The molecule has 0 amide bonds. The van der Waals surface area contributed by atoms with Crippen molar-refractivity contribution in [3.8, 4) is 5.95 Å². The van der Waals surface area contributed by atoms with Crippen LogP contribution in [0.3, 0.4) is 0 Å². The van der Waals surface area contributed by atoms with Gasteiger partial charge in [-0.15, -0.1) is 0 Å². The molecule has 0 saturated heterocycles. The largest absolute Gasteiger partial charge is 0.391 e. The van der Waals surface area contributed by atoms with Crippen molar-refractivity contribution in [1.29, 1.82) is 0 Å². The van der Waals surface area contributed by atoms with Crippen LogP contribution in [0.5, 0.6) is 0 Å². The molecule has 0 aliphatic carbocycles. The van der Waals surface area contributed by atoms with E-state index in [4.69, 9.17) is 0 Å². The number of aliphatic hydroxyl groups is 1. The molecule has 0 aliphatic heterocycles. The molecule has 0 spiro atoms. The summed E-state index contributed by atoms with van der Waals surface area (Å²) in [5.74, 6) is 1.14. The molecule has 0 bridgehead atoms. The Morgan fingerprint density at radius 3 is 2.74 bits per heavy atom. The molecule has 3 N–H and O–H groups in total. The molecule has 0 radical (unpaired) electrons. The Morgan fingerprint density at radius 2 is 2.11 bits per heavy atom. The highest BCUT2D eigenvalue weighted by Gasteiger charge is 2.09. The molecule has 1 unspecified atom stereocenters. The molecular formula is C10H16N8O. The third-order valence-corrected chi connectivity index (χ3v) is 2.44. The number of nitrogens with one attached hydrogen (secondary N) is 2. The van der Waals surface area contributed by atoms with E-state index in [9.17, 15) is 5.11 Å². The highest BCUT2D eigenvalue weighted by molar-refractivity contribution is 5.37. The van der Waals surface area contributed by atoms with Crippen LogP contribution in [0.25, 0.3) is 5.95 Å². The maximum atomic E-state index is 9.52. The lowest BCUT2D eigenvalue weighted by Crippen LogP contribution is -2.20. The van der Waals surface area contributed by atoms with E-state index < -0.39 is 6.10 Å². The summed E-state index contributed by atoms with van der Waals surface area (Å²) in [4.78, 5) is 16.4. The minimum Gasteiger partial charge on any atom is -0.391 e. The van der Waals surface area contributed by atoms with E-state index in [0.717, 1.165) is 0 Å². The first-order chi connectivity index (χ1) is 9.22. The Bertz CT molecular complexity index is 514. The average Bonchev–Trinajstić information content (AvgIpc) is 2.98. The number of nitrogens with zero attached hydrogens (tertiary/aromatic N) is 6. The Balaban J connectivity index is 2.21. The molecule has 2 aromatic rings. The summed E-state index contributed by atoms with van der Waals surface area (Å²) >= 11 is 0. The van der Waals surface area contributed by atoms with E-state index in [1.807, 2.05) is 6.92 Å². The van der Waals surface area contributed by atoms with Crippen LogP contribution in [0.1, 0.15) is 13.3 Å². The van der Waals surface area contributed by atoms with Crippen molar-refractivity contribution in [2.75, 3.05) is 24.2 Å². The normalized spacial score (nSPS) is 12.2. The van der Waals surface area contributed by atoms with Crippen molar-refractivity contribution in [3.63, 3.8) is 0 Å². The quantitative estimate of drug-likeness (QED) is 0.650. The maximum absolute atomic E-state index is 9.52. The van der Waals surface area contributed by atoms with Gasteiger partial charge in [-0.1, -0.05) is 6.92 Å². The Kier molecular flexibility index (Phi) is 4.18. The van der Waals surface area contributed by atoms with Gasteiger partial charge in [0.1, 0.15) is 12.7 Å². The van der Waals surface area contributed by atoms with Crippen molar-refractivity contribution >= 4 is 11.9 Å². The number of aromatic nitrogens is 6. The van der Waals surface area contributed by atoms with Crippen LogP contribution in [0.4, 0.5) is 11.9 Å². The minimum atomic E-state index is -0.440. The van der Waals surface area contributed by atoms with Crippen LogP contribution in [0.15, 0.2) is 12.7 Å².